The molecule has 2 amide bonds. The molecule has 1 saturated carbocycles. The Bertz CT molecular complexity index is 1130. The van der Waals surface area contributed by atoms with Gasteiger partial charge in [-0.05, 0) is 49.1 Å². The van der Waals surface area contributed by atoms with Crippen LogP contribution < -0.4 is 14.9 Å². The molecular weight excluding hydrogens is 461 g/mol. The molecule has 1 aliphatic heterocycles. The van der Waals surface area contributed by atoms with Gasteiger partial charge in [0.1, 0.15) is 4.90 Å². The highest BCUT2D eigenvalue weighted by molar-refractivity contribution is 7.89. The number of anilines is 1. The summed E-state index contributed by atoms with van der Waals surface area (Å²) in [6.45, 7) is 0.930. The van der Waals surface area contributed by atoms with Crippen molar-refractivity contribution >= 4 is 50.7 Å². The van der Waals surface area contributed by atoms with Crippen molar-refractivity contribution in [2.75, 3.05) is 11.4 Å². The molecule has 1 heterocycles. The van der Waals surface area contributed by atoms with Crippen molar-refractivity contribution in [1.29, 1.82) is 0 Å². The van der Waals surface area contributed by atoms with Gasteiger partial charge in [0.2, 0.25) is 15.9 Å². The molecule has 0 spiro atoms. The smallest absolute Gasteiger partial charge is 0.253 e. The maximum Gasteiger partial charge on any atom is 0.253 e. The molecule has 0 aromatic heterocycles. The quantitative estimate of drug-likeness (QED) is 0.632. The third-order valence-electron chi connectivity index (χ3n) is 5.23. The van der Waals surface area contributed by atoms with E-state index in [2.05, 4.69) is 10.0 Å². The van der Waals surface area contributed by atoms with Crippen molar-refractivity contribution < 1.29 is 18.0 Å². The van der Waals surface area contributed by atoms with E-state index in [1.54, 1.807) is 4.90 Å². The Balaban J connectivity index is 1.46. The van der Waals surface area contributed by atoms with Crippen LogP contribution in [0.3, 0.4) is 0 Å². The molecule has 0 unspecified atom stereocenters. The Labute approximate surface area is 190 Å². The van der Waals surface area contributed by atoms with Gasteiger partial charge in [-0.3, -0.25) is 9.59 Å². The van der Waals surface area contributed by atoms with E-state index in [1.165, 1.54) is 12.1 Å². The van der Waals surface area contributed by atoms with Crippen molar-refractivity contribution in [3.8, 4) is 0 Å². The molecule has 0 radical (unpaired) electrons. The first kappa shape index (κ1) is 22.1. The fourth-order valence-electron chi connectivity index (χ4n) is 3.39. The second-order valence-electron chi connectivity index (χ2n) is 7.66. The lowest BCUT2D eigenvalue weighted by Gasteiger charge is -2.16. The Hall–Kier alpha value is -2.13. The fraction of sp³-hybridized carbons (Fsp3) is 0.333. The van der Waals surface area contributed by atoms with Gasteiger partial charge in [0.15, 0.2) is 0 Å². The lowest BCUT2D eigenvalue weighted by atomic mass is 10.1. The number of nitrogens with one attached hydrogen (secondary N) is 2. The first-order valence-corrected chi connectivity index (χ1v) is 12.2. The number of carbonyl (C=O) groups excluding carboxylic acids is 2. The Morgan fingerprint density at radius 1 is 1.10 bits per heavy atom. The number of carbonyl (C=O) groups is 2. The van der Waals surface area contributed by atoms with Crippen LogP contribution in [0.25, 0.3) is 0 Å². The Morgan fingerprint density at radius 3 is 2.42 bits per heavy atom. The van der Waals surface area contributed by atoms with Gasteiger partial charge < -0.3 is 10.2 Å². The van der Waals surface area contributed by atoms with Crippen LogP contribution in [-0.2, 0) is 21.4 Å². The maximum absolute atomic E-state index is 12.7. The SMILES string of the molecule is O=C(NCc1ccc(N2CCCC2=O)cc1)c1cc(S(=O)(=O)NC2CC2)c(Cl)cc1Cl. The molecule has 4 rings (SSSR count). The monoisotopic (exact) mass is 481 g/mol. The Morgan fingerprint density at radius 2 is 1.81 bits per heavy atom. The minimum Gasteiger partial charge on any atom is -0.348 e. The summed E-state index contributed by atoms with van der Waals surface area (Å²) in [5.41, 5.74) is 1.69. The Kier molecular flexibility index (Phi) is 6.25. The van der Waals surface area contributed by atoms with Gasteiger partial charge in [0.05, 0.1) is 15.6 Å². The third-order valence-corrected chi connectivity index (χ3v) is 7.53. The van der Waals surface area contributed by atoms with Crippen LogP contribution in [-0.4, -0.2) is 32.8 Å². The predicted octanol–water partition coefficient (Wildman–Crippen LogP) is 3.49. The van der Waals surface area contributed by atoms with Crippen LogP contribution in [0.5, 0.6) is 0 Å². The molecule has 2 aromatic rings. The number of sulfonamides is 1. The van der Waals surface area contributed by atoms with Crippen LogP contribution in [0, 0.1) is 0 Å². The highest BCUT2D eigenvalue weighted by Gasteiger charge is 2.30. The van der Waals surface area contributed by atoms with Crippen LogP contribution in [0.4, 0.5) is 5.69 Å². The zero-order valence-corrected chi connectivity index (χ0v) is 18.9. The minimum atomic E-state index is -3.84. The van der Waals surface area contributed by atoms with Crippen molar-refractivity contribution in [2.24, 2.45) is 0 Å². The molecule has 1 aliphatic carbocycles. The summed E-state index contributed by atoms with van der Waals surface area (Å²) in [5, 5.41) is 2.77. The van der Waals surface area contributed by atoms with E-state index < -0.39 is 15.9 Å². The summed E-state index contributed by atoms with van der Waals surface area (Å²) < 4.78 is 27.6. The first-order chi connectivity index (χ1) is 14.7. The van der Waals surface area contributed by atoms with E-state index in [1.807, 2.05) is 24.3 Å². The van der Waals surface area contributed by atoms with E-state index in [0.29, 0.717) is 13.0 Å². The number of benzene rings is 2. The van der Waals surface area contributed by atoms with Gasteiger partial charge in [0.25, 0.3) is 5.91 Å². The molecule has 0 bridgehead atoms. The lowest BCUT2D eigenvalue weighted by Crippen LogP contribution is -2.27. The van der Waals surface area contributed by atoms with Crippen LogP contribution in [0.1, 0.15) is 41.6 Å². The normalized spacial score (nSPS) is 16.6. The highest BCUT2D eigenvalue weighted by atomic mass is 35.5. The number of rotatable bonds is 7. The molecule has 2 aromatic carbocycles. The summed E-state index contributed by atoms with van der Waals surface area (Å²) in [6, 6.07) is 9.73. The molecule has 2 fully saturated rings. The standard InChI is InChI=1S/C21H21Cl2N3O4S/c22-17-11-18(23)19(31(29,30)25-14-5-6-14)10-16(17)21(28)24-12-13-3-7-15(8-4-13)26-9-1-2-20(26)27/h3-4,7-8,10-11,14,25H,1-2,5-6,9,12H2,(H,24,28). The predicted molar refractivity (Wildman–Crippen MR) is 119 cm³/mol. The molecule has 2 N–H and O–H groups in total. The summed E-state index contributed by atoms with van der Waals surface area (Å²) >= 11 is 12.2. The summed E-state index contributed by atoms with van der Waals surface area (Å²) in [4.78, 5) is 26.1. The summed E-state index contributed by atoms with van der Waals surface area (Å²) in [5.74, 6) is -0.399. The number of hydrogen-bond donors (Lipinski definition) is 2. The summed E-state index contributed by atoms with van der Waals surface area (Å²) in [7, 11) is -3.84. The van der Waals surface area contributed by atoms with Gasteiger partial charge in [-0.1, -0.05) is 35.3 Å². The largest absolute Gasteiger partial charge is 0.348 e. The zero-order chi connectivity index (χ0) is 22.2. The second kappa shape index (κ2) is 8.78. The van der Waals surface area contributed by atoms with Crippen LogP contribution in [0.15, 0.2) is 41.3 Å². The van der Waals surface area contributed by atoms with E-state index in [-0.39, 0.29) is 39.0 Å². The number of hydrogen-bond acceptors (Lipinski definition) is 4. The maximum atomic E-state index is 12.7. The van der Waals surface area contributed by atoms with Gasteiger partial charge in [-0.2, -0.15) is 0 Å². The first-order valence-electron chi connectivity index (χ1n) is 9.93. The second-order valence-corrected chi connectivity index (χ2v) is 10.2. The number of amides is 2. The third kappa shape index (κ3) is 5.03. The van der Waals surface area contributed by atoms with Gasteiger partial charge in [-0.15, -0.1) is 0 Å². The van der Waals surface area contributed by atoms with E-state index in [9.17, 15) is 18.0 Å². The average Bonchev–Trinajstić information content (AvgIpc) is 3.42. The number of halogens is 2. The molecule has 31 heavy (non-hydrogen) atoms. The molecule has 10 heteroatoms. The van der Waals surface area contributed by atoms with Crippen molar-refractivity contribution in [2.45, 2.75) is 43.2 Å². The lowest BCUT2D eigenvalue weighted by molar-refractivity contribution is -0.117. The van der Waals surface area contributed by atoms with Gasteiger partial charge in [-0.25, -0.2) is 13.1 Å². The number of nitrogens with zero attached hydrogens (tertiary/aromatic N) is 1. The topological polar surface area (TPSA) is 95.6 Å². The summed E-state index contributed by atoms with van der Waals surface area (Å²) in [6.07, 6.45) is 2.98. The molecule has 164 valence electrons. The minimum absolute atomic E-state index is 0.0292. The van der Waals surface area contributed by atoms with Crippen LogP contribution in [0.2, 0.25) is 10.0 Å². The fourth-order valence-corrected chi connectivity index (χ4v) is 5.55. The zero-order valence-electron chi connectivity index (χ0n) is 16.5. The molecule has 1 saturated heterocycles. The van der Waals surface area contributed by atoms with Crippen molar-refractivity contribution in [3.63, 3.8) is 0 Å². The van der Waals surface area contributed by atoms with Crippen molar-refractivity contribution in [3.05, 3.63) is 57.6 Å². The average molecular weight is 482 g/mol. The van der Waals surface area contributed by atoms with E-state index in [4.69, 9.17) is 23.2 Å². The van der Waals surface area contributed by atoms with Crippen LogP contribution >= 0.6 is 23.2 Å². The highest BCUT2D eigenvalue weighted by Crippen LogP contribution is 2.31. The molecule has 2 aliphatic rings. The van der Waals surface area contributed by atoms with E-state index in [0.717, 1.165) is 30.5 Å². The van der Waals surface area contributed by atoms with Crippen molar-refractivity contribution in [1.82, 2.24) is 10.0 Å². The van der Waals surface area contributed by atoms with Gasteiger partial charge >= 0.3 is 0 Å². The van der Waals surface area contributed by atoms with Gasteiger partial charge in [0, 0.05) is 31.2 Å². The molecule has 0 atom stereocenters. The molecular formula is C21H21Cl2N3O4S. The molecule has 7 nitrogen and oxygen atoms in total. The van der Waals surface area contributed by atoms with E-state index >= 15 is 0 Å².